The van der Waals surface area contributed by atoms with Crippen LogP contribution in [0.15, 0.2) is 35.2 Å². The maximum absolute atomic E-state index is 11.8. The van der Waals surface area contributed by atoms with Crippen LogP contribution in [0, 0.1) is 0 Å². The van der Waals surface area contributed by atoms with E-state index in [0.717, 1.165) is 0 Å². The Morgan fingerprint density at radius 2 is 1.74 bits per heavy atom. The number of sulfonamides is 1. The van der Waals surface area contributed by atoms with Crippen molar-refractivity contribution >= 4 is 16.1 Å². The summed E-state index contributed by atoms with van der Waals surface area (Å²) in [5.74, 6) is 0. The topological polar surface area (TPSA) is 78.5 Å². The fourth-order valence-corrected chi connectivity index (χ4v) is 2.46. The number of nitrogens with zero attached hydrogens (tertiary/aromatic N) is 1. The number of carbonyl (C=O) groups is 1. The number of urea groups is 1. The molecule has 2 N–H and O–H groups in total. The SMILES string of the molecule is CCN(CC)C(=O)NCNS(=O)(=O)c1ccccc1. The van der Waals surface area contributed by atoms with Crippen molar-refractivity contribution in [3.05, 3.63) is 30.3 Å². The van der Waals surface area contributed by atoms with Crippen molar-refractivity contribution in [2.24, 2.45) is 0 Å². The Hall–Kier alpha value is -1.60. The largest absolute Gasteiger partial charge is 0.325 e. The number of nitrogens with one attached hydrogen (secondary N) is 2. The summed E-state index contributed by atoms with van der Waals surface area (Å²) in [5, 5.41) is 2.51. The highest BCUT2D eigenvalue weighted by atomic mass is 32.2. The molecule has 0 aliphatic rings. The van der Waals surface area contributed by atoms with Crippen LogP contribution in [0.2, 0.25) is 0 Å². The fraction of sp³-hybridized carbons (Fsp3) is 0.417. The van der Waals surface area contributed by atoms with Gasteiger partial charge in [-0.25, -0.2) is 13.2 Å². The van der Waals surface area contributed by atoms with E-state index < -0.39 is 10.0 Å². The van der Waals surface area contributed by atoms with Crippen molar-refractivity contribution in [3.63, 3.8) is 0 Å². The van der Waals surface area contributed by atoms with Gasteiger partial charge in [0.1, 0.15) is 0 Å². The number of hydrogen-bond acceptors (Lipinski definition) is 3. The van der Waals surface area contributed by atoms with Gasteiger partial charge in [-0.2, -0.15) is 4.72 Å². The lowest BCUT2D eigenvalue weighted by Crippen LogP contribution is -2.44. The Bertz CT molecular complexity index is 498. The molecular formula is C12H19N3O3S. The minimum absolute atomic E-state index is 0.132. The fourth-order valence-electron chi connectivity index (χ4n) is 1.51. The van der Waals surface area contributed by atoms with Gasteiger partial charge in [0.15, 0.2) is 0 Å². The molecule has 0 saturated carbocycles. The second-order valence-electron chi connectivity index (χ2n) is 3.79. The summed E-state index contributed by atoms with van der Waals surface area (Å²) >= 11 is 0. The maximum Gasteiger partial charge on any atom is 0.318 e. The monoisotopic (exact) mass is 285 g/mol. The molecule has 0 unspecified atom stereocenters. The average molecular weight is 285 g/mol. The summed E-state index contributed by atoms with van der Waals surface area (Å²) in [6, 6.07) is 7.72. The average Bonchev–Trinajstić information content (AvgIpc) is 2.41. The highest BCUT2D eigenvalue weighted by Crippen LogP contribution is 2.06. The Kier molecular flexibility index (Phi) is 5.78. The first-order valence-corrected chi connectivity index (χ1v) is 7.57. The lowest BCUT2D eigenvalue weighted by molar-refractivity contribution is 0.203. The van der Waals surface area contributed by atoms with Gasteiger partial charge in [0.25, 0.3) is 0 Å². The van der Waals surface area contributed by atoms with Gasteiger partial charge in [0.05, 0.1) is 11.6 Å². The zero-order valence-electron chi connectivity index (χ0n) is 11.1. The third-order valence-corrected chi connectivity index (χ3v) is 4.02. The minimum atomic E-state index is -3.58. The quantitative estimate of drug-likeness (QED) is 0.765. The van der Waals surface area contributed by atoms with Crippen LogP contribution in [0.25, 0.3) is 0 Å². The van der Waals surface area contributed by atoms with Gasteiger partial charge in [-0.05, 0) is 26.0 Å². The molecule has 0 atom stereocenters. The molecule has 0 heterocycles. The first-order valence-electron chi connectivity index (χ1n) is 6.08. The van der Waals surface area contributed by atoms with Crippen LogP contribution in [0.5, 0.6) is 0 Å². The van der Waals surface area contributed by atoms with E-state index in [-0.39, 0.29) is 17.6 Å². The second kappa shape index (κ2) is 7.10. The molecule has 106 valence electrons. The van der Waals surface area contributed by atoms with E-state index >= 15 is 0 Å². The summed E-state index contributed by atoms with van der Waals surface area (Å²) in [7, 11) is -3.58. The molecule has 0 aliphatic heterocycles. The molecule has 0 aromatic heterocycles. The third kappa shape index (κ3) is 4.53. The number of carbonyl (C=O) groups excluding carboxylic acids is 1. The van der Waals surface area contributed by atoms with Crippen LogP contribution in [0.3, 0.4) is 0 Å². The van der Waals surface area contributed by atoms with Crippen molar-refractivity contribution in [3.8, 4) is 0 Å². The second-order valence-corrected chi connectivity index (χ2v) is 5.56. The summed E-state index contributed by atoms with van der Waals surface area (Å²) in [6.07, 6.45) is 0. The molecule has 0 radical (unpaired) electrons. The molecular weight excluding hydrogens is 266 g/mol. The standard InChI is InChI=1S/C12H19N3O3S/c1-3-15(4-2)12(16)13-10-14-19(17,18)11-8-6-5-7-9-11/h5-9,14H,3-4,10H2,1-2H3,(H,13,16). The van der Waals surface area contributed by atoms with E-state index in [1.54, 1.807) is 23.1 Å². The normalized spacial score (nSPS) is 11.1. The van der Waals surface area contributed by atoms with Crippen molar-refractivity contribution in [1.29, 1.82) is 0 Å². The van der Waals surface area contributed by atoms with Crippen LogP contribution >= 0.6 is 0 Å². The zero-order valence-corrected chi connectivity index (χ0v) is 11.9. The molecule has 0 saturated heterocycles. The van der Waals surface area contributed by atoms with Crippen LogP contribution in [-0.4, -0.2) is 39.1 Å². The Morgan fingerprint density at radius 3 is 2.26 bits per heavy atom. The summed E-state index contributed by atoms with van der Waals surface area (Å²) in [5.41, 5.74) is 0. The van der Waals surface area contributed by atoms with Gasteiger partial charge in [0.2, 0.25) is 10.0 Å². The van der Waals surface area contributed by atoms with Crippen LogP contribution in [0.1, 0.15) is 13.8 Å². The van der Waals surface area contributed by atoms with E-state index in [9.17, 15) is 13.2 Å². The molecule has 0 bridgehead atoms. The van der Waals surface area contributed by atoms with Gasteiger partial charge in [-0.15, -0.1) is 0 Å². The maximum atomic E-state index is 11.8. The van der Waals surface area contributed by atoms with E-state index in [0.29, 0.717) is 13.1 Å². The number of benzene rings is 1. The zero-order chi connectivity index (χ0) is 14.3. The molecule has 1 aromatic rings. The van der Waals surface area contributed by atoms with Crippen LogP contribution in [-0.2, 0) is 10.0 Å². The highest BCUT2D eigenvalue weighted by Gasteiger charge is 2.14. The van der Waals surface area contributed by atoms with Gasteiger partial charge >= 0.3 is 6.03 Å². The van der Waals surface area contributed by atoms with Crippen molar-refractivity contribution < 1.29 is 13.2 Å². The van der Waals surface area contributed by atoms with Gasteiger partial charge in [-0.1, -0.05) is 18.2 Å². The molecule has 0 spiro atoms. The molecule has 1 rings (SSSR count). The van der Waals surface area contributed by atoms with E-state index in [1.165, 1.54) is 12.1 Å². The molecule has 19 heavy (non-hydrogen) atoms. The summed E-state index contributed by atoms with van der Waals surface area (Å²) < 4.78 is 26.0. The number of rotatable bonds is 6. The lowest BCUT2D eigenvalue weighted by atomic mass is 10.4. The van der Waals surface area contributed by atoms with Gasteiger partial charge in [0, 0.05) is 13.1 Å². The Labute approximate surface area is 113 Å². The predicted molar refractivity (Wildman–Crippen MR) is 73.1 cm³/mol. The summed E-state index contributed by atoms with van der Waals surface area (Å²) in [4.78, 5) is 13.3. The van der Waals surface area contributed by atoms with Crippen molar-refractivity contribution in [2.75, 3.05) is 19.8 Å². The Balaban J connectivity index is 2.52. The van der Waals surface area contributed by atoms with E-state index in [2.05, 4.69) is 10.0 Å². The molecule has 0 aliphatic carbocycles. The summed E-state index contributed by atoms with van der Waals surface area (Å²) in [6.45, 7) is 4.74. The molecule has 6 nitrogen and oxygen atoms in total. The predicted octanol–water partition coefficient (Wildman–Crippen LogP) is 0.974. The molecule has 0 fully saturated rings. The Morgan fingerprint density at radius 1 is 1.16 bits per heavy atom. The number of amides is 2. The van der Waals surface area contributed by atoms with Gasteiger partial charge < -0.3 is 10.2 Å². The number of hydrogen-bond donors (Lipinski definition) is 2. The van der Waals surface area contributed by atoms with Crippen molar-refractivity contribution in [2.45, 2.75) is 18.7 Å². The first-order chi connectivity index (χ1) is 9.01. The first kappa shape index (κ1) is 15.5. The van der Waals surface area contributed by atoms with Crippen molar-refractivity contribution in [1.82, 2.24) is 14.9 Å². The highest BCUT2D eigenvalue weighted by molar-refractivity contribution is 7.89. The lowest BCUT2D eigenvalue weighted by Gasteiger charge is -2.19. The molecule has 2 amide bonds. The molecule has 1 aromatic carbocycles. The third-order valence-electron chi connectivity index (χ3n) is 2.61. The van der Waals surface area contributed by atoms with E-state index in [1.807, 2.05) is 13.8 Å². The van der Waals surface area contributed by atoms with Crippen LogP contribution < -0.4 is 10.0 Å². The smallest absolute Gasteiger partial charge is 0.318 e. The van der Waals surface area contributed by atoms with Gasteiger partial charge in [-0.3, -0.25) is 0 Å². The minimum Gasteiger partial charge on any atom is -0.325 e. The van der Waals surface area contributed by atoms with Crippen LogP contribution in [0.4, 0.5) is 4.79 Å². The van der Waals surface area contributed by atoms with E-state index in [4.69, 9.17) is 0 Å². The molecule has 7 heteroatoms.